The van der Waals surface area contributed by atoms with Crippen molar-refractivity contribution < 1.29 is 4.74 Å². The van der Waals surface area contributed by atoms with Crippen molar-refractivity contribution in [1.82, 2.24) is 4.90 Å². The van der Waals surface area contributed by atoms with Gasteiger partial charge in [-0.1, -0.05) is 18.6 Å². The molecule has 2 atom stereocenters. The van der Waals surface area contributed by atoms with E-state index in [9.17, 15) is 0 Å². The predicted molar refractivity (Wildman–Crippen MR) is 89.5 cm³/mol. The van der Waals surface area contributed by atoms with Gasteiger partial charge in [0.2, 0.25) is 0 Å². The number of hydrogen-bond donors (Lipinski definition) is 1. The minimum absolute atomic E-state index is 0. The van der Waals surface area contributed by atoms with Crippen LogP contribution in [0.15, 0.2) is 18.2 Å². The maximum atomic E-state index is 6.14. The Morgan fingerprint density at radius 1 is 1.38 bits per heavy atom. The third kappa shape index (κ3) is 3.91. The highest BCUT2D eigenvalue weighted by Crippen LogP contribution is 2.26. The molecule has 0 amide bonds. The molecule has 0 radical (unpaired) electrons. The van der Waals surface area contributed by atoms with E-state index in [1.165, 1.54) is 36.9 Å². The Morgan fingerprint density at radius 3 is 3.05 bits per heavy atom. The molecule has 0 saturated carbocycles. The van der Waals surface area contributed by atoms with E-state index in [1.807, 2.05) is 0 Å². The zero-order valence-electron chi connectivity index (χ0n) is 12.9. The van der Waals surface area contributed by atoms with Crippen LogP contribution in [0.1, 0.15) is 37.3 Å². The van der Waals surface area contributed by atoms with Crippen LogP contribution in [0.4, 0.5) is 0 Å². The highest BCUT2D eigenvalue weighted by molar-refractivity contribution is 5.85. The first-order chi connectivity index (χ1) is 9.74. The zero-order chi connectivity index (χ0) is 13.9. The molecule has 21 heavy (non-hydrogen) atoms. The van der Waals surface area contributed by atoms with Crippen LogP contribution >= 0.6 is 12.4 Å². The Morgan fingerprint density at radius 2 is 2.24 bits per heavy atom. The third-order valence-electron chi connectivity index (χ3n) is 4.71. The van der Waals surface area contributed by atoms with E-state index < -0.39 is 0 Å². The van der Waals surface area contributed by atoms with Gasteiger partial charge in [0.15, 0.2) is 0 Å². The van der Waals surface area contributed by atoms with Crippen LogP contribution < -0.4 is 10.5 Å². The number of ether oxygens (including phenoxy) is 1. The summed E-state index contributed by atoms with van der Waals surface area (Å²) < 4.78 is 5.57. The van der Waals surface area contributed by atoms with E-state index in [0.29, 0.717) is 6.04 Å². The van der Waals surface area contributed by atoms with E-state index in [4.69, 9.17) is 10.5 Å². The summed E-state index contributed by atoms with van der Waals surface area (Å²) in [6.07, 6.45) is 6.10. The van der Waals surface area contributed by atoms with Gasteiger partial charge in [0.25, 0.3) is 0 Å². The Bertz CT molecular complexity index is 464. The molecule has 1 fully saturated rings. The van der Waals surface area contributed by atoms with Crippen LogP contribution in [0.5, 0.6) is 5.75 Å². The number of halogens is 1. The average molecular weight is 311 g/mol. The molecule has 4 heteroatoms. The summed E-state index contributed by atoms with van der Waals surface area (Å²) in [5.41, 5.74) is 8.96. The lowest BCUT2D eigenvalue weighted by Gasteiger charge is -2.38. The first-order valence-electron chi connectivity index (χ1n) is 7.98. The van der Waals surface area contributed by atoms with Crippen molar-refractivity contribution in [2.75, 3.05) is 19.7 Å². The average Bonchev–Trinajstić information content (AvgIpc) is 2.92. The van der Waals surface area contributed by atoms with Crippen molar-refractivity contribution in [2.24, 2.45) is 5.73 Å². The van der Waals surface area contributed by atoms with Crippen molar-refractivity contribution >= 4 is 12.4 Å². The monoisotopic (exact) mass is 310 g/mol. The number of piperidine rings is 1. The van der Waals surface area contributed by atoms with E-state index in [0.717, 1.165) is 31.7 Å². The minimum Gasteiger partial charge on any atom is -0.493 e. The number of nitrogens with zero attached hydrogens (tertiary/aromatic N) is 1. The zero-order valence-corrected chi connectivity index (χ0v) is 13.7. The second-order valence-electron chi connectivity index (χ2n) is 6.25. The molecule has 2 N–H and O–H groups in total. The summed E-state index contributed by atoms with van der Waals surface area (Å²) in [6, 6.07) is 7.53. The number of benzene rings is 1. The lowest BCUT2D eigenvalue weighted by Crippen LogP contribution is -2.49. The summed E-state index contributed by atoms with van der Waals surface area (Å²) in [5.74, 6) is 1.08. The molecule has 1 saturated heterocycles. The molecular formula is C17H27ClN2O. The van der Waals surface area contributed by atoms with Crippen LogP contribution in [-0.2, 0) is 12.8 Å². The second kappa shape index (κ2) is 7.48. The van der Waals surface area contributed by atoms with Gasteiger partial charge in [-0.2, -0.15) is 0 Å². The summed E-state index contributed by atoms with van der Waals surface area (Å²) in [4.78, 5) is 2.60. The lowest BCUT2D eigenvalue weighted by molar-refractivity contribution is 0.132. The fourth-order valence-electron chi connectivity index (χ4n) is 3.56. The fourth-order valence-corrected chi connectivity index (χ4v) is 3.56. The number of rotatable bonds is 4. The molecule has 2 unspecified atom stereocenters. The van der Waals surface area contributed by atoms with Crippen molar-refractivity contribution in [3.8, 4) is 5.75 Å². The van der Waals surface area contributed by atoms with Crippen LogP contribution in [0, 0.1) is 0 Å². The van der Waals surface area contributed by atoms with E-state index in [1.54, 1.807) is 0 Å². The quantitative estimate of drug-likeness (QED) is 0.929. The van der Waals surface area contributed by atoms with E-state index >= 15 is 0 Å². The summed E-state index contributed by atoms with van der Waals surface area (Å²) in [7, 11) is 0. The summed E-state index contributed by atoms with van der Waals surface area (Å²) >= 11 is 0. The first-order valence-corrected chi connectivity index (χ1v) is 7.98. The SMILES string of the molecule is CC(N)C1CCCCN1CCc1ccc2c(c1)CCO2.Cl. The molecule has 3 nitrogen and oxygen atoms in total. The van der Waals surface area contributed by atoms with Crippen molar-refractivity contribution in [3.05, 3.63) is 29.3 Å². The van der Waals surface area contributed by atoms with Crippen molar-refractivity contribution in [3.63, 3.8) is 0 Å². The molecule has 0 aromatic heterocycles. The Hall–Kier alpha value is -0.770. The van der Waals surface area contributed by atoms with Gasteiger partial charge in [0, 0.05) is 25.0 Å². The van der Waals surface area contributed by atoms with Gasteiger partial charge in [-0.3, -0.25) is 4.90 Å². The lowest BCUT2D eigenvalue weighted by atomic mass is 9.96. The molecule has 2 aliphatic rings. The molecule has 2 aliphatic heterocycles. The van der Waals surface area contributed by atoms with E-state index in [-0.39, 0.29) is 18.4 Å². The van der Waals surface area contributed by atoms with Gasteiger partial charge in [-0.15, -0.1) is 12.4 Å². The van der Waals surface area contributed by atoms with Gasteiger partial charge < -0.3 is 10.5 Å². The van der Waals surface area contributed by atoms with Gasteiger partial charge in [-0.25, -0.2) is 0 Å². The van der Waals surface area contributed by atoms with Gasteiger partial charge in [0.05, 0.1) is 6.61 Å². The van der Waals surface area contributed by atoms with Crippen molar-refractivity contribution in [2.45, 2.75) is 51.1 Å². The van der Waals surface area contributed by atoms with Gasteiger partial charge in [0.1, 0.15) is 5.75 Å². The van der Waals surface area contributed by atoms with Crippen LogP contribution in [0.2, 0.25) is 0 Å². The highest BCUT2D eigenvalue weighted by Gasteiger charge is 2.24. The summed E-state index contributed by atoms with van der Waals surface area (Å²) in [5, 5.41) is 0. The molecule has 3 rings (SSSR count). The van der Waals surface area contributed by atoms with Crippen LogP contribution in [0.3, 0.4) is 0 Å². The normalized spacial score (nSPS) is 23.0. The molecular weight excluding hydrogens is 284 g/mol. The van der Waals surface area contributed by atoms with Gasteiger partial charge >= 0.3 is 0 Å². The Kier molecular flexibility index (Phi) is 5.91. The van der Waals surface area contributed by atoms with Crippen molar-refractivity contribution in [1.29, 1.82) is 0 Å². The van der Waals surface area contributed by atoms with Crippen LogP contribution in [-0.4, -0.2) is 36.7 Å². The molecule has 1 aromatic rings. The second-order valence-corrected chi connectivity index (χ2v) is 6.25. The molecule has 2 heterocycles. The van der Waals surface area contributed by atoms with Crippen LogP contribution in [0.25, 0.3) is 0 Å². The number of fused-ring (bicyclic) bond motifs is 1. The number of likely N-dealkylation sites (tertiary alicyclic amines) is 1. The Balaban J connectivity index is 0.00000161. The molecule has 0 bridgehead atoms. The number of nitrogens with two attached hydrogens (primary N) is 1. The van der Waals surface area contributed by atoms with E-state index in [2.05, 4.69) is 30.0 Å². The van der Waals surface area contributed by atoms with Gasteiger partial charge in [-0.05, 0) is 49.9 Å². The standard InChI is InChI=1S/C17H26N2O.ClH/c1-13(18)16-4-2-3-9-19(16)10-7-14-5-6-17-15(12-14)8-11-20-17;/h5-6,12-13,16H,2-4,7-11,18H2,1H3;1H. The third-order valence-corrected chi connectivity index (χ3v) is 4.71. The first kappa shape index (κ1) is 16.6. The molecule has 0 aliphatic carbocycles. The highest BCUT2D eigenvalue weighted by atomic mass is 35.5. The number of hydrogen-bond acceptors (Lipinski definition) is 3. The topological polar surface area (TPSA) is 38.5 Å². The largest absolute Gasteiger partial charge is 0.493 e. The Labute approximate surface area is 134 Å². The predicted octanol–water partition coefficient (Wildman–Crippen LogP) is 2.79. The smallest absolute Gasteiger partial charge is 0.122 e. The molecule has 118 valence electrons. The molecule has 1 aromatic carbocycles. The maximum absolute atomic E-state index is 6.14. The molecule has 0 spiro atoms. The fraction of sp³-hybridized carbons (Fsp3) is 0.647. The minimum atomic E-state index is 0. The summed E-state index contributed by atoms with van der Waals surface area (Å²) in [6.45, 7) is 5.33. The maximum Gasteiger partial charge on any atom is 0.122 e.